The topological polar surface area (TPSA) is 84.9 Å². The Balaban J connectivity index is 1.59. The molecule has 0 radical (unpaired) electrons. The van der Waals surface area contributed by atoms with Crippen molar-refractivity contribution >= 4 is 11.9 Å². The van der Waals surface area contributed by atoms with Crippen molar-refractivity contribution in [2.75, 3.05) is 6.61 Å². The van der Waals surface area contributed by atoms with Gasteiger partial charge in [0.15, 0.2) is 6.04 Å². The SMILES string of the molecule is CC1CCC(CCC(=O)NC(C(=O)O)c2ccc3c(c2)CCO3)O1. The van der Waals surface area contributed by atoms with Gasteiger partial charge in [-0.05, 0) is 49.4 Å². The van der Waals surface area contributed by atoms with Crippen LogP contribution in [0.2, 0.25) is 0 Å². The lowest BCUT2D eigenvalue weighted by Crippen LogP contribution is -2.34. The standard InChI is InChI=1S/C18H23NO5/c1-11-2-4-14(24-11)5-7-16(20)19-17(18(21)22)13-3-6-15-12(10-13)8-9-23-15/h3,6,10-11,14,17H,2,4-5,7-9H2,1H3,(H,19,20)(H,21,22). The van der Waals surface area contributed by atoms with Crippen LogP contribution in [0.3, 0.4) is 0 Å². The van der Waals surface area contributed by atoms with Gasteiger partial charge in [0.05, 0.1) is 18.8 Å². The number of fused-ring (bicyclic) bond motifs is 1. The summed E-state index contributed by atoms with van der Waals surface area (Å²) < 4.78 is 11.1. The monoisotopic (exact) mass is 333 g/mol. The van der Waals surface area contributed by atoms with Crippen molar-refractivity contribution in [1.29, 1.82) is 0 Å². The van der Waals surface area contributed by atoms with Crippen molar-refractivity contribution in [2.24, 2.45) is 0 Å². The Kier molecular flexibility index (Phi) is 5.04. The molecule has 2 heterocycles. The first-order valence-corrected chi connectivity index (χ1v) is 8.46. The maximum Gasteiger partial charge on any atom is 0.330 e. The summed E-state index contributed by atoms with van der Waals surface area (Å²) in [5.74, 6) is -0.531. The molecule has 1 fully saturated rings. The van der Waals surface area contributed by atoms with E-state index in [1.807, 2.05) is 13.0 Å². The van der Waals surface area contributed by atoms with E-state index >= 15 is 0 Å². The summed E-state index contributed by atoms with van der Waals surface area (Å²) in [5, 5.41) is 12.1. The third kappa shape index (κ3) is 3.87. The minimum Gasteiger partial charge on any atom is -0.493 e. The van der Waals surface area contributed by atoms with Crippen LogP contribution in [-0.4, -0.2) is 35.8 Å². The van der Waals surface area contributed by atoms with Crippen molar-refractivity contribution in [1.82, 2.24) is 5.32 Å². The third-order valence-electron chi connectivity index (χ3n) is 4.61. The zero-order valence-corrected chi connectivity index (χ0v) is 13.8. The molecule has 3 atom stereocenters. The predicted octanol–water partition coefficient (Wildman–Crippen LogP) is 2.21. The Morgan fingerprint density at radius 3 is 2.92 bits per heavy atom. The summed E-state index contributed by atoms with van der Waals surface area (Å²) in [5.41, 5.74) is 1.56. The van der Waals surface area contributed by atoms with Gasteiger partial charge in [-0.25, -0.2) is 4.79 Å². The number of ether oxygens (including phenoxy) is 2. The molecule has 2 aliphatic heterocycles. The molecule has 0 spiro atoms. The number of hydrogen-bond acceptors (Lipinski definition) is 4. The molecule has 130 valence electrons. The van der Waals surface area contributed by atoms with Crippen molar-refractivity contribution in [2.45, 2.75) is 57.3 Å². The summed E-state index contributed by atoms with van der Waals surface area (Å²) in [6, 6.07) is 4.24. The number of carbonyl (C=O) groups is 2. The minimum atomic E-state index is -1.06. The van der Waals surface area contributed by atoms with Gasteiger partial charge in [-0.3, -0.25) is 4.79 Å². The number of hydrogen-bond donors (Lipinski definition) is 2. The van der Waals surface area contributed by atoms with Crippen LogP contribution in [0, 0.1) is 0 Å². The number of aliphatic carboxylic acids is 1. The molecule has 2 aliphatic rings. The van der Waals surface area contributed by atoms with E-state index in [0.717, 1.165) is 30.6 Å². The van der Waals surface area contributed by atoms with Crippen LogP contribution in [0.5, 0.6) is 5.75 Å². The lowest BCUT2D eigenvalue weighted by atomic mass is 10.0. The first kappa shape index (κ1) is 16.8. The second-order valence-electron chi connectivity index (χ2n) is 6.49. The molecule has 1 aromatic rings. The fraction of sp³-hybridized carbons (Fsp3) is 0.556. The van der Waals surface area contributed by atoms with Crippen LogP contribution in [0.25, 0.3) is 0 Å². The van der Waals surface area contributed by atoms with Gasteiger partial charge in [-0.2, -0.15) is 0 Å². The van der Waals surface area contributed by atoms with Gasteiger partial charge in [0.2, 0.25) is 5.91 Å². The normalized spacial score (nSPS) is 23.4. The van der Waals surface area contributed by atoms with E-state index in [1.165, 1.54) is 0 Å². The summed E-state index contributed by atoms with van der Waals surface area (Å²) in [6.07, 6.45) is 3.99. The van der Waals surface area contributed by atoms with Crippen molar-refractivity contribution < 1.29 is 24.2 Å². The number of benzene rings is 1. The fourth-order valence-electron chi connectivity index (χ4n) is 3.30. The predicted molar refractivity (Wildman–Crippen MR) is 87.0 cm³/mol. The van der Waals surface area contributed by atoms with Gasteiger partial charge in [0.25, 0.3) is 0 Å². The molecule has 2 N–H and O–H groups in total. The summed E-state index contributed by atoms with van der Waals surface area (Å²) in [6.45, 7) is 2.64. The lowest BCUT2D eigenvalue weighted by Gasteiger charge is -2.17. The zero-order valence-electron chi connectivity index (χ0n) is 13.8. The maximum absolute atomic E-state index is 12.1. The molecule has 3 rings (SSSR count). The molecule has 1 aromatic carbocycles. The third-order valence-corrected chi connectivity index (χ3v) is 4.61. The summed E-state index contributed by atoms with van der Waals surface area (Å²) >= 11 is 0. The van der Waals surface area contributed by atoms with E-state index in [9.17, 15) is 14.7 Å². The molecule has 1 amide bonds. The maximum atomic E-state index is 12.1. The Labute approximate surface area is 141 Å². The van der Waals surface area contributed by atoms with Crippen molar-refractivity contribution in [3.8, 4) is 5.75 Å². The average Bonchev–Trinajstić information content (AvgIpc) is 3.18. The van der Waals surface area contributed by atoms with Gasteiger partial charge in [-0.15, -0.1) is 0 Å². The summed E-state index contributed by atoms with van der Waals surface area (Å²) in [7, 11) is 0. The minimum absolute atomic E-state index is 0.103. The van der Waals surface area contributed by atoms with E-state index in [1.54, 1.807) is 12.1 Å². The van der Waals surface area contributed by atoms with E-state index in [2.05, 4.69) is 5.32 Å². The Morgan fingerprint density at radius 2 is 2.21 bits per heavy atom. The number of carboxylic acid groups (broad SMARTS) is 1. The molecule has 0 bridgehead atoms. The molecular weight excluding hydrogens is 310 g/mol. The van der Waals surface area contributed by atoms with Gasteiger partial charge >= 0.3 is 5.97 Å². The van der Waals surface area contributed by atoms with E-state index < -0.39 is 12.0 Å². The second kappa shape index (κ2) is 7.21. The van der Waals surface area contributed by atoms with Crippen LogP contribution in [0.1, 0.15) is 49.8 Å². The van der Waals surface area contributed by atoms with Gasteiger partial charge < -0.3 is 19.9 Å². The highest BCUT2D eigenvalue weighted by atomic mass is 16.5. The van der Waals surface area contributed by atoms with Crippen molar-refractivity contribution in [3.63, 3.8) is 0 Å². The van der Waals surface area contributed by atoms with Crippen LogP contribution in [-0.2, 0) is 20.7 Å². The average molecular weight is 333 g/mol. The number of amides is 1. The molecule has 0 aromatic heterocycles. The number of nitrogens with one attached hydrogen (secondary N) is 1. The highest BCUT2D eigenvalue weighted by molar-refractivity contribution is 5.84. The molecule has 3 unspecified atom stereocenters. The molecule has 6 heteroatoms. The Hall–Kier alpha value is -2.08. The van der Waals surface area contributed by atoms with E-state index in [4.69, 9.17) is 9.47 Å². The summed E-state index contributed by atoms with van der Waals surface area (Å²) in [4.78, 5) is 23.7. The Morgan fingerprint density at radius 1 is 1.38 bits per heavy atom. The molecule has 6 nitrogen and oxygen atoms in total. The first-order chi connectivity index (χ1) is 11.5. The second-order valence-corrected chi connectivity index (χ2v) is 6.49. The quantitative estimate of drug-likeness (QED) is 0.834. The van der Waals surface area contributed by atoms with Gasteiger partial charge in [0.1, 0.15) is 5.75 Å². The molecule has 0 saturated carbocycles. The van der Waals surface area contributed by atoms with Crippen LogP contribution in [0.15, 0.2) is 18.2 Å². The van der Waals surface area contributed by atoms with E-state index in [-0.39, 0.29) is 24.5 Å². The van der Waals surface area contributed by atoms with Gasteiger partial charge in [-0.1, -0.05) is 6.07 Å². The van der Waals surface area contributed by atoms with Crippen LogP contribution < -0.4 is 10.1 Å². The molecule has 1 saturated heterocycles. The number of carboxylic acids is 1. The lowest BCUT2D eigenvalue weighted by molar-refractivity contribution is -0.142. The van der Waals surface area contributed by atoms with Crippen molar-refractivity contribution in [3.05, 3.63) is 29.3 Å². The fourth-order valence-corrected chi connectivity index (χ4v) is 3.30. The van der Waals surface area contributed by atoms with E-state index in [0.29, 0.717) is 18.6 Å². The zero-order chi connectivity index (χ0) is 17.1. The molecule has 0 aliphatic carbocycles. The van der Waals surface area contributed by atoms with Crippen LogP contribution in [0.4, 0.5) is 0 Å². The number of rotatable bonds is 6. The van der Waals surface area contributed by atoms with Crippen LogP contribution >= 0.6 is 0 Å². The van der Waals surface area contributed by atoms with Gasteiger partial charge in [0, 0.05) is 12.8 Å². The first-order valence-electron chi connectivity index (χ1n) is 8.46. The molecular formula is C18H23NO5. The highest BCUT2D eigenvalue weighted by Crippen LogP contribution is 2.28. The smallest absolute Gasteiger partial charge is 0.330 e. The highest BCUT2D eigenvalue weighted by Gasteiger charge is 2.26. The largest absolute Gasteiger partial charge is 0.493 e. The number of carbonyl (C=O) groups excluding carboxylic acids is 1. The molecule has 24 heavy (non-hydrogen) atoms. The Bertz CT molecular complexity index is 630.